The molecule has 19 heavy (non-hydrogen) atoms. The van der Waals surface area contributed by atoms with Gasteiger partial charge in [0.05, 0.1) is 17.1 Å². The molecule has 0 aliphatic heterocycles. The molecule has 5 nitrogen and oxygen atoms in total. The SMILES string of the molecule is Cc1nn(C(C)C)c(C)c1NC(=O)c1cc(Br)c[nH]1. The van der Waals surface area contributed by atoms with Crippen molar-refractivity contribution in [1.29, 1.82) is 0 Å². The molecule has 0 aliphatic carbocycles. The summed E-state index contributed by atoms with van der Waals surface area (Å²) in [7, 11) is 0. The van der Waals surface area contributed by atoms with Crippen LogP contribution in [0.4, 0.5) is 5.69 Å². The predicted molar refractivity (Wildman–Crippen MR) is 78.5 cm³/mol. The summed E-state index contributed by atoms with van der Waals surface area (Å²) in [6, 6.07) is 2.01. The molecule has 2 rings (SSSR count). The zero-order chi connectivity index (χ0) is 14.2. The number of hydrogen-bond donors (Lipinski definition) is 2. The van der Waals surface area contributed by atoms with E-state index in [9.17, 15) is 4.79 Å². The molecule has 0 saturated heterocycles. The first-order valence-electron chi connectivity index (χ1n) is 6.11. The first-order chi connectivity index (χ1) is 8.90. The molecule has 0 atom stereocenters. The molecule has 0 fully saturated rings. The van der Waals surface area contributed by atoms with Crippen LogP contribution >= 0.6 is 15.9 Å². The molecule has 0 radical (unpaired) electrons. The van der Waals surface area contributed by atoms with Crippen LogP contribution in [0.3, 0.4) is 0 Å². The molecule has 2 aromatic rings. The maximum absolute atomic E-state index is 12.1. The van der Waals surface area contributed by atoms with Gasteiger partial charge in [-0.15, -0.1) is 0 Å². The van der Waals surface area contributed by atoms with Crippen molar-refractivity contribution in [3.05, 3.63) is 33.8 Å². The summed E-state index contributed by atoms with van der Waals surface area (Å²) in [5.41, 5.74) is 3.09. The fourth-order valence-corrected chi connectivity index (χ4v) is 2.37. The Morgan fingerprint density at radius 1 is 1.47 bits per heavy atom. The number of halogens is 1. The quantitative estimate of drug-likeness (QED) is 0.908. The average Bonchev–Trinajstić information content (AvgIpc) is 2.87. The van der Waals surface area contributed by atoms with Gasteiger partial charge < -0.3 is 10.3 Å². The number of nitrogens with zero attached hydrogens (tertiary/aromatic N) is 2. The molecule has 1 amide bonds. The monoisotopic (exact) mass is 324 g/mol. The predicted octanol–water partition coefficient (Wildman–Crippen LogP) is 3.42. The van der Waals surface area contributed by atoms with E-state index in [0.29, 0.717) is 5.69 Å². The molecule has 0 bridgehead atoms. The average molecular weight is 325 g/mol. The molecule has 6 heteroatoms. The van der Waals surface area contributed by atoms with Crippen LogP contribution in [0.25, 0.3) is 0 Å². The molecule has 2 aromatic heterocycles. The lowest BCUT2D eigenvalue weighted by Gasteiger charge is -2.09. The number of aromatic amines is 1. The van der Waals surface area contributed by atoms with Crippen LogP contribution in [-0.2, 0) is 0 Å². The van der Waals surface area contributed by atoms with Gasteiger partial charge in [0, 0.05) is 16.7 Å². The second-order valence-corrected chi connectivity index (χ2v) is 5.69. The number of amides is 1. The number of nitrogens with one attached hydrogen (secondary N) is 2. The normalized spacial score (nSPS) is 11.1. The molecular formula is C13H17BrN4O. The van der Waals surface area contributed by atoms with Gasteiger partial charge in [0.1, 0.15) is 5.69 Å². The number of anilines is 1. The molecule has 0 aromatic carbocycles. The van der Waals surface area contributed by atoms with Crippen LogP contribution in [0.5, 0.6) is 0 Å². The Bertz CT molecular complexity index is 612. The minimum absolute atomic E-state index is 0.166. The first kappa shape index (κ1) is 13.9. The maximum Gasteiger partial charge on any atom is 0.272 e. The Morgan fingerprint density at radius 3 is 2.63 bits per heavy atom. The van der Waals surface area contributed by atoms with E-state index in [1.807, 2.05) is 18.5 Å². The lowest BCUT2D eigenvalue weighted by atomic mass is 10.3. The molecule has 2 heterocycles. The first-order valence-corrected chi connectivity index (χ1v) is 6.90. The second kappa shape index (κ2) is 5.21. The Morgan fingerprint density at radius 2 is 2.16 bits per heavy atom. The fourth-order valence-electron chi connectivity index (χ4n) is 2.03. The van der Waals surface area contributed by atoms with Gasteiger partial charge in [0.25, 0.3) is 5.91 Å². The minimum atomic E-state index is -0.166. The van der Waals surface area contributed by atoms with Gasteiger partial charge in [0.2, 0.25) is 0 Å². The number of rotatable bonds is 3. The topological polar surface area (TPSA) is 62.7 Å². The van der Waals surface area contributed by atoms with Gasteiger partial charge in [-0.1, -0.05) is 0 Å². The van der Waals surface area contributed by atoms with Crippen molar-refractivity contribution < 1.29 is 4.79 Å². The van der Waals surface area contributed by atoms with E-state index in [0.717, 1.165) is 21.5 Å². The molecule has 2 N–H and O–H groups in total. The highest BCUT2D eigenvalue weighted by molar-refractivity contribution is 9.10. The third kappa shape index (κ3) is 2.73. The van der Waals surface area contributed by atoms with Crippen molar-refractivity contribution in [2.45, 2.75) is 33.7 Å². The number of aryl methyl sites for hydroxylation is 1. The Labute approximate surface area is 120 Å². The van der Waals surface area contributed by atoms with E-state index in [2.05, 4.69) is 45.2 Å². The van der Waals surface area contributed by atoms with E-state index >= 15 is 0 Å². The molecule has 102 valence electrons. The second-order valence-electron chi connectivity index (χ2n) is 4.77. The van der Waals surface area contributed by atoms with Gasteiger partial charge in [-0.25, -0.2) is 0 Å². The third-order valence-electron chi connectivity index (χ3n) is 2.95. The Kier molecular flexibility index (Phi) is 3.80. The summed E-state index contributed by atoms with van der Waals surface area (Å²) in [6.07, 6.45) is 1.73. The fraction of sp³-hybridized carbons (Fsp3) is 0.385. The van der Waals surface area contributed by atoms with E-state index in [-0.39, 0.29) is 11.9 Å². The number of H-pyrrole nitrogens is 1. The highest BCUT2D eigenvalue weighted by atomic mass is 79.9. The maximum atomic E-state index is 12.1. The Hall–Kier alpha value is -1.56. The van der Waals surface area contributed by atoms with Crippen molar-refractivity contribution in [2.24, 2.45) is 0 Å². The van der Waals surface area contributed by atoms with Crippen molar-refractivity contribution in [3.63, 3.8) is 0 Å². The van der Waals surface area contributed by atoms with Crippen molar-refractivity contribution in [3.8, 4) is 0 Å². The van der Waals surface area contributed by atoms with Crippen LogP contribution in [0.15, 0.2) is 16.7 Å². The van der Waals surface area contributed by atoms with Crippen LogP contribution < -0.4 is 5.32 Å². The van der Waals surface area contributed by atoms with E-state index in [4.69, 9.17) is 0 Å². The number of carbonyl (C=O) groups is 1. The zero-order valence-corrected chi connectivity index (χ0v) is 13.0. The van der Waals surface area contributed by atoms with Crippen molar-refractivity contribution >= 4 is 27.5 Å². The lowest BCUT2D eigenvalue weighted by Crippen LogP contribution is -2.13. The summed E-state index contributed by atoms with van der Waals surface area (Å²) < 4.78 is 2.76. The van der Waals surface area contributed by atoms with Gasteiger partial charge in [0.15, 0.2) is 0 Å². The summed E-state index contributed by atoms with van der Waals surface area (Å²) in [4.78, 5) is 15.0. The molecule has 0 spiro atoms. The molecule has 0 aliphatic rings. The van der Waals surface area contributed by atoms with E-state index < -0.39 is 0 Å². The van der Waals surface area contributed by atoms with E-state index in [1.165, 1.54) is 0 Å². The van der Waals surface area contributed by atoms with Gasteiger partial charge >= 0.3 is 0 Å². The lowest BCUT2D eigenvalue weighted by molar-refractivity contribution is 0.102. The smallest absolute Gasteiger partial charge is 0.272 e. The molecule has 0 saturated carbocycles. The summed E-state index contributed by atoms with van der Waals surface area (Å²) >= 11 is 3.31. The standard InChI is InChI=1S/C13H17BrN4O/c1-7(2)18-9(4)12(8(3)17-18)16-13(19)11-5-10(14)6-15-11/h5-7,15H,1-4H3,(H,16,19). The van der Waals surface area contributed by atoms with Crippen LogP contribution in [0.2, 0.25) is 0 Å². The van der Waals surface area contributed by atoms with Crippen molar-refractivity contribution in [1.82, 2.24) is 14.8 Å². The van der Waals surface area contributed by atoms with Crippen molar-refractivity contribution in [2.75, 3.05) is 5.32 Å². The van der Waals surface area contributed by atoms with Gasteiger partial charge in [-0.3, -0.25) is 9.48 Å². The summed E-state index contributed by atoms with van der Waals surface area (Å²) in [6.45, 7) is 7.98. The van der Waals surface area contributed by atoms with Crippen LogP contribution in [0.1, 0.15) is 41.8 Å². The highest BCUT2D eigenvalue weighted by Crippen LogP contribution is 2.23. The van der Waals surface area contributed by atoms with Crippen LogP contribution in [-0.4, -0.2) is 20.7 Å². The minimum Gasteiger partial charge on any atom is -0.356 e. The summed E-state index contributed by atoms with van der Waals surface area (Å²) in [5.74, 6) is -0.166. The zero-order valence-electron chi connectivity index (χ0n) is 11.4. The number of hydrogen-bond acceptors (Lipinski definition) is 2. The van der Waals surface area contributed by atoms with E-state index in [1.54, 1.807) is 12.3 Å². The third-order valence-corrected chi connectivity index (χ3v) is 3.40. The molecular weight excluding hydrogens is 308 g/mol. The Balaban J connectivity index is 2.26. The largest absolute Gasteiger partial charge is 0.356 e. The number of carbonyl (C=O) groups excluding carboxylic acids is 1. The van der Waals surface area contributed by atoms with Crippen LogP contribution in [0, 0.1) is 13.8 Å². The molecule has 0 unspecified atom stereocenters. The van der Waals surface area contributed by atoms with Gasteiger partial charge in [-0.05, 0) is 49.7 Å². The number of aromatic nitrogens is 3. The van der Waals surface area contributed by atoms with Gasteiger partial charge in [-0.2, -0.15) is 5.10 Å². The highest BCUT2D eigenvalue weighted by Gasteiger charge is 2.17. The summed E-state index contributed by atoms with van der Waals surface area (Å²) in [5, 5.41) is 7.35.